The standard InChI is InChI=1S/C12H10BrF3N2OS/c1-7(10-5-20-6-17-10)18-9-3-2-8(13)4-11(9)19-12(14,15)16/h2-7,18H,1H3. The average Bonchev–Trinajstić information content (AvgIpc) is 2.84. The third-order valence-electron chi connectivity index (χ3n) is 2.44. The summed E-state index contributed by atoms with van der Waals surface area (Å²) in [6, 6.07) is 4.20. The SMILES string of the molecule is CC(Nc1ccc(Br)cc1OC(F)(F)F)c1cscn1. The number of aromatic nitrogens is 1. The van der Waals surface area contributed by atoms with Crippen molar-refractivity contribution in [3.05, 3.63) is 39.3 Å². The molecule has 0 bridgehead atoms. The van der Waals surface area contributed by atoms with Crippen LogP contribution in [-0.2, 0) is 0 Å². The number of thiazole rings is 1. The highest BCUT2D eigenvalue weighted by atomic mass is 79.9. The lowest BCUT2D eigenvalue weighted by molar-refractivity contribution is -0.274. The molecule has 0 amide bonds. The molecule has 108 valence electrons. The van der Waals surface area contributed by atoms with E-state index in [0.29, 0.717) is 4.47 Å². The molecule has 0 saturated heterocycles. The first-order valence-corrected chi connectivity index (χ1v) is 7.28. The summed E-state index contributed by atoms with van der Waals surface area (Å²) >= 11 is 4.55. The van der Waals surface area contributed by atoms with Gasteiger partial charge in [-0.15, -0.1) is 24.5 Å². The van der Waals surface area contributed by atoms with Gasteiger partial charge in [-0.25, -0.2) is 4.98 Å². The molecule has 0 aliphatic rings. The number of benzene rings is 1. The van der Waals surface area contributed by atoms with Crippen LogP contribution in [0.5, 0.6) is 5.75 Å². The van der Waals surface area contributed by atoms with E-state index in [2.05, 4.69) is 31.0 Å². The van der Waals surface area contributed by atoms with Gasteiger partial charge in [0.2, 0.25) is 0 Å². The lowest BCUT2D eigenvalue weighted by Gasteiger charge is -2.18. The smallest absolute Gasteiger partial charge is 0.404 e. The van der Waals surface area contributed by atoms with Gasteiger partial charge in [0.15, 0.2) is 5.75 Å². The molecule has 3 nitrogen and oxygen atoms in total. The Morgan fingerprint density at radius 1 is 1.40 bits per heavy atom. The highest BCUT2D eigenvalue weighted by Gasteiger charge is 2.32. The monoisotopic (exact) mass is 366 g/mol. The van der Waals surface area contributed by atoms with Gasteiger partial charge in [-0.2, -0.15) is 0 Å². The Labute approximate surface area is 125 Å². The van der Waals surface area contributed by atoms with Crippen molar-refractivity contribution in [2.45, 2.75) is 19.3 Å². The zero-order valence-corrected chi connectivity index (χ0v) is 12.6. The largest absolute Gasteiger partial charge is 0.573 e. The van der Waals surface area contributed by atoms with E-state index >= 15 is 0 Å². The summed E-state index contributed by atoms with van der Waals surface area (Å²) in [5, 5.41) is 4.80. The first-order chi connectivity index (χ1) is 9.35. The topological polar surface area (TPSA) is 34.1 Å². The summed E-state index contributed by atoms with van der Waals surface area (Å²) in [6.45, 7) is 1.81. The highest BCUT2D eigenvalue weighted by Crippen LogP contribution is 2.34. The van der Waals surface area contributed by atoms with E-state index in [0.717, 1.165) is 5.69 Å². The quantitative estimate of drug-likeness (QED) is 0.828. The van der Waals surface area contributed by atoms with Crippen molar-refractivity contribution in [2.75, 3.05) is 5.32 Å². The zero-order valence-electron chi connectivity index (χ0n) is 10.2. The fourth-order valence-electron chi connectivity index (χ4n) is 1.57. The van der Waals surface area contributed by atoms with Gasteiger partial charge < -0.3 is 10.1 Å². The van der Waals surface area contributed by atoms with Crippen LogP contribution in [0.3, 0.4) is 0 Å². The summed E-state index contributed by atoms with van der Waals surface area (Å²) < 4.78 is 41.7. The van der Waals surface area contributed by atoms with E-state index in [1.807, 2.05) is 12.3 Å². The van der Waals surface area contributed by atoms with Gasteiger partial charge in [0, 0.05) is 9.85 Å². The Morgan fingerprint density at radius 2 is 2.15 bits per heavy atom. The molecule has 2 aromatic rings. The van der Waals surface area contributed by atoms with Gasteiger partial charge in [-0.3, -0.25) is 0 Å². The van der Waals surface area contributed by atoms with Crippen LogP contribution < -0.4 is 10.1 Å². The van der Waals surface area contributed by atoms with Gasteiger partial charge in [-0.05, 0) is 25.1 Å². The number of hydrogen-bond acceptors (Lipinski definition) is 4. The minimum absolute atomic E-state index is 0.224. The van der Waals surface area contributed by atoms with Crippen molar-refractivity contribution in [1.29, 1.82) is 0 Å². The molecule has 0 fully saturated rings. The van der Waals surface area contributed by atoms with E-state index in [9.17, 15) is 13.2 Å². The summed E-state index contributed by atoms with van der Waals surface area (Å²) in [5.41, 5.74) is 2.68. The minimum atomic E-state index is -4.74. The minimum Gasteiger partial charge on any atom is -0.404 e. The van der Waals surface area contributed by atoms with Crippen LogP contribution >= 0.6 is 27.3 Å². The van der Waals surface area contributed by atoms with Crippen molar-refractivity contribution in [2.24, 2.45) is 0 Å². The van der Waals surface area contributed by atoms with Crippen LogP contribution in [0, 0.1) is 0 Å². The fraction of sp³-hybridized carbons (Fsp3) is 0.250. The Morgan fingerprint density at radius 3 is 2.75 bits per heavy atom. The van der Waals surface area contributed by atoms with Crippen molar-refractivity contribution in [3.8, 4) is 5.75 Å². The second-order valence-electron chi connectivity index (χ2n) is 3.97. The van der Waals surface area contributed by atoms with E-state index in [1.54, 1.807) is 11.6 Å². The molecule has 8 heteroatoms. The lowest BCUT2D eigenvalue weighted by Crippen LogP contribution is -2.18. The number of ether oxygens (including phenoxy) is 1. The predicted octanol–water partition coefficient (Wildman–Crippen LogP) is 4.98. The molecule has 0 aliphatic heterocycles. The van der Waals surface area contributed by atoms with Gasteiger partial charge in [-0.1, -0.05) is 15.9 Å². The summed E-state index contributed by atoms with van der Waals surface area (Å²) in [5.74, 6) is -0.283. The van der Waals surface area contributed by atoms with E-state index in [4.69, 9.17) is 0 Å². The van der Waals surface area contributed by atoms with Crippen LogP contribution in [0.4, 0.5) is 18.9 Å². The van der Waals surface area contributed by atoms with Crippen LogP contribution in [0.15, 0.2) is 33.6 Å². The van der Waals surface area contributed by atoms with E-state index in [1.165, 1.54) is 23.5 Å². The van der Waals surface area contributed by atoms with Crippen molar-refractivity contribution in [3.63, 3.8) is 0 Å². The second kappa shape index (κ2) is 6.01. The molecular formula is C12H10BrF3N2OS. The average molecular weight is 367 g/mol. The molecule has 20 heavy (non-hydrogen) atoms. The third-order valence-corrected chi connectivity index (χ3v) is 3.53. The molecule has 1 atom stereocenters. The van der Waals surface area contributed by atoms with Gasteiger partial charge in [0.25, 0.3) is 0 Å². The number of alkyl halides is 3. The molecular weight excluding hydrogens is 357 g/mol. The third kappa shape index (κ3) is 4.11. The molecule has 1 heterocycles. The second-order valence-corrected chi connectivity index (χ2v) is 5.60. The van der Waals surface area contributed by atoms with Crippen molar-refractivity contribution >= 4 is 33.0 Å². The van der Waals surface area contributed by atoms with Crippen LogP contribution in [0.2, 0.25) is 0 Å². The van der Waals surface area contributed by atoms with Crippen molar-refractivity contribution in [1.82, 2.24) is 4.98 Å². The molecule has 2 rings (SSSR count). The van der Waals surface area contributed by atoms with Gasteiger partial charge in [0.1, 0.15) is 0 Å². The number of rotatable bonds is 4. The van der Waals surface area contributed by atoms with E-state index in [-0.39, 0.29) is 17.5 Å². The molecule has 0 spiro atoms. The predicted molar refractivity (Wildman–Crippen MR) is 75.0 cm³/mol. The Bertz CT molecular complexity index is 575. The molecule has 0 aliphatic carbocycles. The Kier molecular flexibility index (Phi) is 4.54. The normalized spacial score (nSPS) is 13.1. The Balaban J connectivity index is 2.22. The van der Waals surface area contributed by atoms with Crippen LogP contribution in [-0.4, -0.2) is 11.3 Å². The molecule has 0 saturated carbocycles. The van der Waals surface area contributed by atoms with E-state index < -0.39 is 6.36 Å². The lowest BCUT2D eigenvalue weighted by atomic mass is 10.2. The fourth-order valence-corrected chi connectivity index (χ4v) is 2.56. The van der Waals surface area contributed by atoms with Crippen LogP contribution in [0.1, 0.15) is 18.7 Å². The number of anilines is 1. The maximum Gasteiger partial charge on any atom is 0.573 e. The van der Waals surface area contributed by atoms with Gasteiger partial charge in [0.05, 0.1) is 22.9 Å². The maximum atomic E-state index is 12.4. The summed E-state index contributed by atoms with van der Waals surface area (Å²) in [7, 11) is 0. The van der Waals surface area contributed by atoms with Gasteiger partial charge >= 0.3 is 6.36 Å². The number of nitrogens with one attached hydrogen (secondary N) is 1. The highest BCUT2D eigenvalue weighted by molar-refractivity contribution is 9.10. The number of halogens is 4. The first-order valence-electron chi connectivity index (χ1n) is 5.55. The first kappa shape index (κ1) is 15.1. The molecule has 0 radical (unpaired) electrons. The molecule has 1 aromatic carbocycles. The summed E-state index contributed by atoms with van der Waals surface area (Å²) in [4.78, 5) is 4.12. The maximum absolute atomic E-state index is 12.4. The van der Waals surface area contributed by atoms with Crippen molar-refractivity contribution < 1.29 is 17.9 Å². The Hall–Kier alpha value is -1.28. The number of nitrogens with zero attached hydrogens (tertiary/aromatic N) is 1. The van der Waals surface area contributed by atoms with Crippen LogP contribution in [0.25, 0.3) is 0 Å². The molecule has 1 N–H and O–H groups in total. The molecule has 1 aromatic heterocycles. The zero-order chi connectivity index (χ0) is 14.8. The summed E-state index contributed by atoms with van der Waals surface area (Å²) in [6.07, 6.45) is -4.74. The number of hydrogen-bond donors (Lipinski definition) is 1. The molecule has 1 unspecified atom stereocenters.